The lowest BCUT2D eigenvalue weighted by Crippen LogP contribution is -2.43. The summed E-state index contributed by atoms with van der Waals surface area (Å²) in [5.74, 6) is 1.48. The van der Waals surface area contributed by atoms with Gasteiger partial charge in [-0.2, -0.15) is 5.10 Å². The third-order valence-electron chi connectivity index (χ3n) is 7.29. The van der Waals surface area contributed by atoms with Crippen LogP contribution in [-0.4, -0.2) is 52.7 Å². The number of aliphatic hydroxyl groups excluding tert-OH is 1. The molecule has 0 radical (unpaired) electrons. The Morgan fingerprint density at radius 1 is 1.00 bits per heavy atom. The summed E-state index contributed by atoms with van der Waals surface area (Å²) < 4.78 is 12.4. The van der Waals surface area contributed by atoms with E-state index in [-0.39, 0.29) is 18.1 Å². The van der Waals surface area contributed by atoms with Crippen LogP contribution in [0, 0.1) is 6.92 Å². The van der Waals surface area contributed by atoms with E-state index in [4.69, 9.17) is 9.47 Å². The Labute approximate surface area is 216 Å². The van der Waals surface area contributed by atoms with E-state index in [9.17, 15) is 9.90 Å². The molecule has 192 valence electrons. The molecule has 0 spiro atoms. The van der Waals surface area contributed by atoms with Crippen LogP contribution in [0.3, 0.4) is 0 Å². The summed E-state index contributed by atoms with van der Waals surface area (Å²) in [6, 6.07) is 22.0. The minimum absolute atomic E-state index is 0.125. The predicted molar refractivity (Wildman–Crippen MR) is 144 cm³/mol. The normalized spacial score (nSPS) is 14.2. The number of nitrogens with zero attached hydrogens (tertiary/aromatic N) is 3. The number of fused-ring (bicyclic) bond motifs is 2. The van der Waals surface area contributed by atoms with Gasteiger partial charge in [0.1, 0.15) is 11.5 Å². The molecule has 1 aliphatic carbocycles. The molecule has 1 unspecified atom stereocenters. The molecule has 0 amide bonds. The Morgan fingerprint density at radius 2 is 1.68 bits per heavy atom. The van der Waals surface area contributed by atoms with Gasteiger partial charge in [0.2, 0.25) is 0 Å². The van der Waals surface area contributed by atoms with Gasteiger partial charge in [0.15, 0.2) is 0 Å². The van der Waals surface area contributed by atoms with Gasteiger partial charge >= 0.3 is 0 Å². The third-order valence-corrected chi connectivity index (χ3v) is 7.29. The maximum absolute atomic E-state index is 13.1. The number of aryl methyl sites for hydroxylation is 1. The second-order valence-electron chi connectivity index (χ2n) is 9.71. The van der Waals surface area contributed by atoms with Gasteiger partial charge in [-0.05, 0) is 43.0 Å². The van der Waals surface area contributed by atoms with Crippen molar-refractivity contribution in [2.45, 2.75) is 45.0 Å². The summed E-state index contributed by atoms with van der Waals surface area (Å²) in [6.07, 6.45) is 1.04. The fraction of sp³-hybridized carbons (Fsp3) is 0.333. The highest BCUT2D eigenvalue weighted by Crippen LogP contribution is 2.30. The number of hydrogen-bond donors (Lipinski definition) is 1. The molecule has 1 heterocycles. The van der Waals surface area contributed by atoms with Crippen LogP contribution >= 0.6 is 0 Å². The molecule has 0 saturated heterocycles. The van der Waals surface area contributed by atoms with Crippen LogP contribution in [0.2, 0.25) is 0 Å². The summed E-state index contributed by atoms with van der Waals surface area (Å²) >= 11 is 0. The number of methoxy groups -OCH3 is 2. The highest BCUT2D eigenvalue weighted by Gasteiger charge is 2.29. The molecule has 7 heteroatoms. The number of ether oxygens (including phenoxy) is 2. The average molecular weight is 500 g/mol. The van der Waals surface area contributed by atoms with Crippen LogP contribution in [0.5, 0.6) is 11.5 Å². The van der Waals surface area contributed by atoms with Crippen molar-refractivity contribution in [3.05, 3.63) is 99.5 Å². The first-order chi connectivity index (χ1) is 18.0. The fourth-order valence-electron chi connectivity index (χ4n) is 5.39. The monoisotopic (exact) mass is 499 g/mol. The van der Waals surface area contributed by atoms with Gasteiger partial charge in [-0.25, -0.2) is 4.68 Å². The molecule has 3 aromatic carbocycles. The highest BCUT2D eigenvalue weighted by molar-refractivity contribution is 5.83. The smallest absolute Gasteiger partial charge is 0.274 e. The third kappa shape index (κ3) is 5.24. The molecular formula is C30H33N3O4. The topological polar surface area (TPSA) is 76.8 Å². The summed E-state index contributed by atoms with van der Waals surface area (Å²) in [5.41, 5.74) is 4.29. The molecule has 1 atom stereocenters. The molecule has 0 bridgehead atoms. The van der Waals surface area contributed by atoms with Crippen molar-refractivity contribution in [2.24, 2.45) is 0 Å². The highest BCUT2D eigenvalue weighted by atomic mass is 16.5. The Kier molecular flexibility index (Phi) is 7.26. The van der Waals surface area contributed by atoms with E-state index in [0.717, 1.165) is 41.0 Å². The summed E-state index contributed by atoms with van der Waals surface area (Å²) in [5, 5.41) is 17.2. The number of rotatable bonds is 9. The Hall–Kier alpha value is -3.68. The average Bonchev–Trinajstić information content (AvgIpc) is 3.36. The molecule has 0 saturated carbocycles. The van der Waals surface area contributed by atoms with E-state index < -0.39 is 6.10 Å². The van der Waals surface area contributed by atoms with E-state index in [1.807, 2.05) is 49.4 Å². The lowest BCUT2D eigenvalue weighted by molar-refractivity contribution is 0.0687. The molecule has 7 nitrogen and oxygen atoms in total. The van der Waals surface area contributed by atoms with Crippen molar-refractivity contribution >= 4 is 10.8 Å². The van der Waals surface area contributed by atoms with Crippen LogP contribution in [0.15, 0.2) is 71.5 Å². The SMILES string of the molecule is COc1ccc(CN(CC(O)Cn2nc(C)c3ccccc3c2=O)C2Cc3ccccc3C2)c(OC)c1. The van der Waals surface area contributed by atoms with Crippen molar-refractivity contribution in [2.75, 3.05) is 20.8 Å². The summed E-state index contributed by atoms with van der Waals surface area (Å²) in [7, 11) is 3.29. The molecule has 4 aromatic rings. The minimum Gasteiger partial charge on any atom is -0.497 e. The Morgan fingerprint density at radius 3 is 2.35 bits per heavy atom. The standard InChI is InChI=1S/C30H33N3O4/c1-20-27-10-6-7-11-28(27)30(35)33(31-20)19-25(34)18-32(24-14-21-8-4-5-9-22(21)15-24)17-23-12-13-26(36-2)16-29(23)37-3/h4-13,16,24-25,34H,14-15,17-19H2,1-3H3. The zero-order chi connectivity index (χ0) is 25.9. The quantitative estimate of drug-likeness (QED) is 0.378. The van der Waals surface area contributed by atoms with Crippen molar-refractivity contribution < 1.29 is 14.6 Å². The molecule has 1 aliphatic rings. The Bertz CT molecular complexity index is 1440. The number of benzene rings is 3. The largest absolute Gasteiger partial charge is 0.497 e. The first-order valence-electron chi connectivity index (χ1n) is 12.6. The van der Waals surface area contributed by atoms with Crippen LogP contribution < -0.4 is 15.0 Å². The number of hydrogen-bond acceptors (Lipinski definition) is 6. The van der Waals surface area contributed by atoms with Gasteiger partial charge in [0, 0.05) is 36.1 Å². The van der Waals surface area contributed by atoms with E-state index in [1.165, 1.54) is 15.8 Å². The molecule has 1 N–H and O–H groups in total. The molecule has 1 aromatic heterocycles. The zero-order valence-electron chi connectivity index (χ0n) is 21.6. The van der Waals surface area contributed by atoms with Gasteiger partial charge in [-0.1, -0.05) is 48.5 Å². The lowest BCUT2D eigenvalue weighted by atomic mass is 10.1. The first-order valence-corrected chi connectivity index (χ1v) is 12.6. The summed E-state index contributed by atoms with van der Waals surface area (Å²) in [4.78, 5) is 15.4. The lowest BCUT2D eigenvalue weighted by Gasteiger charge is -2.31. The van der Waals surface area contributed by atoms with Crippen LogP contribution in [0.1, 0.15) is 22.4 Å². The van der Waals surface area contributed by atoms with Crippen molar-refractivity contribution in [3.63, 3.8) is 0 Å². The van der Waals surface area contributed by atoms with Gasteiger partial charge in [0.05, 0.1) is 37.9 Å². The maximum atomic E-state index is 13.1. The van der Waals surface area contributed by atoms with Gasteiger partial charge < -0.3 is 14.6 Å². The molecule has 0 fully saturated rings. The molecule has 37 heavy (non-hydrogen) atoms. The number of aliphatic hydroxyl groups is 1. The predicted octanol–water partition coefficient (Wildman–Crippen LogP) is 3.75. The van der Waals surface area contributed by atoms with E-state index in [1.54, 1.807) is 14.2 Å². The van der Waals surface area contributed by atoms with Crippen molar-refractivity contribution in [1.82, 2.24) is 14.7 Å². The van der Waals surface area contributed by atoms with Crippen LogP contribution in [0.4, 0.5) is 0 Å². The van der Waals surface area contributed by atoms with Crippen molar-refractivity contribution in [3.8, 4) is 11.5 Å². The van der Waals surface area contributed by atoms with E-state index in [0.29, 0.717) is 18.5 Å². The zero-order valence-corrected chi connectivity index (χ0v) is 21.6. The van der Waals surface area contributed by atoms with E-state index in [2.05, 4.69) is 34.3 Å². The second kappa shape index (κ2) is 10.7. The molecular weight excluding hydrogens is 466 g/mol. The van der Waals surface area contributed by atoms with Crippen LogP contribution in [-0.2, 0) is 25.9 Å². The molecule has 5 rings (SSSR count). The van der Waals surface area contributed by atoms with Gasteiger partial charge in [-0.3, -0.25) is 9.69 Å². The molecule has 0 aliphatic heterocycles. The van der Waals surface area contributed by atoms with Gasteiger partial charge in [-0.15, -0.1) is 0 Å². The van der Waals surface area contributed by atoms with Crippen LogP contribution in [0.25, 0.3) is 10.8 Å². The summed E-state index contributed by atoms with van der Waals surface area (Å²) in [6.45, 7) is 3.01. The van der Waals surface area contributed by atoms with Gasteiger partial charge in [0.25, 0.3) is 5.56 Å². The second-order valence-corrected chi connectivity index (χ2v) is 9.71. The first kappa shape index (κ1) is 25.0. The van der Waals surface area contributed by atoms with Crippen molar-refractivity contribution in [1.29, 1.82) is 0 Å². The minimum atomic E-state index is -0.779. The van der Waals surface area contributed by atoms with E-state index >= 15 is 0 Å². The Balaban J connectivity index is 1.41. The fourth-order valence-corrected chi connectivity index (χ4v) is 5.39. The number of aromatic nitrogens is 2. The maximum Gasteiger partial charge on any atom is 0.274 e.